The number of aromatic nitrogens is 1. The lowest BCUT2D eigenvalue weighted by molar-refractivity contribution is -0.384. The van der Waals surface area contributed by atoms with Crippen molar-refractivity contribution in [1.82, 2.24) is 4.57 Å². The van der Waals surface area contributed by atoms with Gasteiger partial charge in [-0.2, -0.15) is 0 Å². The minimum atomic E-state index is -0.737. The summed E-state index contributed by atoms with van der Waals surface area (Å²) >= 11 is 7.33. The normalized spacial score (nSPS) is 14.6. The van der Waals surface area contributed by atoms with E-state index in [-0.39, 0.29) is 24.5 Å². The quantitative estimate of drug-likeness (QED) is 0.148. The largest absolute Gasteiger partial charge is 0.493 e. The molecule has 0 fully saturated rings. The molecule has 0 aliphatic carbocycles. The van der Waals surface area contributed by atoms with Gasteiger partial charge < -0.3 is 14.2 Å². The number of carbonyl (C=O) groups is 1. The maximum atomic E-state index is 13.8. The molecule has 5 rings (SSSR count). The van der Waals surface area contributed by atoms with Crippen molar-refractivity contribution in [2.75, 3.05) is 13.7 Å². The first-order chi connectivity index (χ1) is 20.7. The smallest absolute Gasteiger partial charge is 0.338 e. The molecule has 43 heavy (non-hydrogen) atoms. The number of ether oxygens (including phenoxy) is 3. The van der Waals surface area contributed by atoms with E-state index in [0.29, 0.717) is 48.3 Å². The van der Waals surface area contributed by atoms with Crippen molar-refractivity contribution in [2.45, 2.75) is 26.5 Å². The summed E-state index contributed by atoms with van der Waals surface area (Å²) in [5.74, 6) is 0.381. The second kappa shape index (κ2) is 12.6. The summed E-state index contributed by atoms with van der Waals surface area (Å²) in [6.45, 7) is 3.81. The van der Waals surface area contributed by atoms with Gasteiger partial charge in [0.15, 0.2) is 16.3 Å². The number of allylic oxidation sites excluding steroid dienone is 1. The average Bonchev–Trinajstić information content (AvgIpc) is 3.30. The van der Waals surface area contributed by atoms with Crippen LogP contribution in [-0.2, 0) is 16.1 Å². The minimum absolute atomic E-state index is 0.00253. The number of hydrogen-bond acceptors (Lipinski definition) is 9. The van der Waals surface area contributed by atoms with Crippen LogP contribution < -0.4 is 24.4 Å². The summed E-state index contributed by atoms with van der Waals surface area (Å²) in [6, 6.07) is 17.6. The summed E-state index contributed by atoms with van der Waals surface area (Å²) in [5, 5.41) is 11.4. The van der Waals surface area contributed by atoms with Gasteiger partial charge in [0, 0.05) is 17.2 Å². The summed E-state index contributed by atoms with van der Waals surface area (Å²) in [5.41, 5.74) is 2.60. The van der Waals surface area contributed by atoms with E-state index in [1.807, 2.05) is 0 Å². The van der Waals surface area contributed by atoms with E-state index in [9.17, 15) is 19.7 Å². The zero-order valence-corrected chi connectivity index (χ0v) is 25.0. The number of non-ortho nitro benzene ring substituents is 1. The highest BCUT2D eigenvalue weighted by atomic mass is 35.5. The molecule has 1 atom stereocenters. The van der Waals surface area contributed by atoms with Crippen LogP contribution in [0.3, 0.4) is 0 Å². The minimum Gasteiger partial charge on any atom is -0.493 e. The molecule has 10 nitrogen and oxygen atoms in total. The lowest BCUT2D eigenvalue weighted by Crippen LogP contribution is -2.39. The molecule has 0 saturated heterocycles. The molecule has 1 aliphatic heterocycles. The van der Waals surface area contributed by atoms with Crippen LogP contribution in [0, 0.1) is 10.1 Å². The van der Waals surface area contributed by atoms with E-state index in [2.05, 4.69) is 4.99 Å². The summed E-state index contributed by atoms with van der Waals surface area (Å²) in [7, 11) is 1.51. The molecule has 220 valence electrons. The fraction of sp³-hybridized carbons (Fsp3) is 0.194. The van der Waals surface area contributed by atoms with Gasteiger partial charge in [0.2, 0.25) is 0 Å². The number of benzene rings is 3. The Hall–Kier alpha value is -4.74. The Morgan fingerprint density at radius 3 is 2.49 bits per heavy atom. The molecule has 1 aromatic heterocycles. The van der Waals surface area contributed by atoms with Crippen LogP contribution in [0.2, 0.25) is 5.02 Å². The van der Waals surface area contributed by atoms with E-state index in [1.54, 1.807) is 74.5 Å². The van der Waals surface area contributed by atoms with Crippen molar-refractivity contribution in [1.29, 1.82) is 0 Å². The van der Waals surface area contributed by atoms with Gasteiger partial charge in [0.25, 0.3) is 11.2 Å². The predicted octanol–water partition coefficient (Wildman–Crippen LogP) is 4.95. The Morgan fingerprint density at radius 2 is 1.84 bits per heavy atom. The number of hydrogen-bond donors (Lipinski definition) is 0. The van der Waals surface area contributed by atoms with Crippen molar-refractivity contribution in [2.24, 2.45) is 4.99 Å². The number of fused-ring (bicyclic) bond motifs is 1. The fourth-order valence-electron chi connectivity index (χ4n) is 4.67. The Labute approximate surface area is 254 Å². The molecular formula is C31H26ClN3O7S. The lowest BCUT2D eigenvalue weighted by Gasteiger charge is -2.24. The van der Waals surface area contributed by atoms with Gasteiger partial charge in [-0.15, -0.1) is 0 Å². The second-order valence-electron chi connectivity index (χ2n) is 9.48. The number of carbonyl (C=O) groups excluding carboxylic acids is 1. The summed E-state index contributed by atoms with van der Waals surface area (Å²) in [6.07, 6.45) is 1.73. The standard InChI is InChI=1S/C31H26ClN3O7S/c1-4-41-30(37)27-18(2)33-31-34(28(27)21-8-10-22(32)11-9-21)29(36)26(43-31)16-20-7-14-24(25(15-20)40-3)42-17-19-5-12-23(13-6-19)35(38)39/h5-16,28H,4,17H2,1-3H3/b26-16-/t28-/m1/s1. The van der Waals surface area contributed by atoms with E-state index in [1.165, 1.54) is 35.1 Å². The third kappa shape index (κ3) is 6.23. The van der Waals surface area contributed by atoms with Crippen molar-refractivity contribution < 1.29 is 23.9 Å². The van der Waals surface area contributed by atoms with Crippen LogP contribution >= 0.6 is 22.9 Å². The first-order valence-electron chi connectivity index (χ1n) is 13.2. The van der Waals surface area contributed by atoms with Crippen LogP contribution in [0.15, 0.2) is 87.8 Å². The Balaban J connectivity index is 1.50. The van der Waals surface area contributed by atoms with Crippen LogP contribution in [0.25, 0.3) is 6.08 Å². The molecule has 0 unspecified atom stereocenters. The van der Waals surface area contributed by atoms with Crippen LogP contribution in [-0.4, -0.2) is 29.2 Å². The van der Waals surface area contributed by atoms with Crippen molar-refractivity contribution in [3.8, 4) is 11.5 Å². The topological polar surface area (TPSA) is 122 Å². The third-order valence-corrected chi connectivity index (χ3v) is 7.96. The molecule has 0 amide bonds. The van der Waals surface area contributed by atoms with E-state index in [0.717, 1.165) is 5.56 Å². The molecular weight excluding hydrogens is 594 g/mol. The molecule has 0 saturated carbocycles. The van der Waals surface area contributed by atoms with Crippen molar-refractivity contribution in [3.05, 3.63) is 130 Å². The zero-order valence-electron chi connectivity index (χ0n) is 23.4. The monoisotopic (exact) mass is 619 g/mol. The fourth-order valence-corrected chi connectivity index (χ4v) is 5.84. The molecule has 2 heterocycles. The van der Waals surface area contributed by atoms with Gasteiger partial charge in [-0.1, -0.05) is 41.1 Å². The lowest BCUT2D eigenvalue weighted by atomic mass is 9.96. The van der Waals surface area contributed by atoms with Crippen LogP contribution in [0.1, 0.15) is 36.6 Å². The number of rotatable bonds is 9. The second-order valence-corrected chi connectivity index (χ2v) is 10.9. The highest BCUT2D eigenvalue weighted by molar-refractivity contribution is 7.07. The molecule has 1 aliphatic rings. The SMILES string of the molecule is CCOC(=O)C1=C(C)N=c2s/c(=C\c3ccc(OCc4ccc([N+](=O)[O-])cc4)c(OC)c3)c(=O)n2[C@@H]1c1ccc(Cl)cc1. The molecule has 12 heteroatoms. The number of nitrogens with zero attached hydrogens (tertiary/aromatic N) is 3. The van der Waals surface area contributed by atoms with E-state index in [4.69, 9.17) is 25.8 Å². The van der Waals surface area contributed by atoms with Crippen LogP contribution in [0.4, 0.5) is 5.69 Å². The van der Waals surface area contributed by atoms with Crippen LogP contribution in [0.5, 0.6) is 11.5 Å². The molecule has 0 spiro atoms. The molecule has 0 N–H and O–H groups in total. The van der Waals surface area contributed by atoms with Gasteiger partial charge in [0.05, 0.1) is 40.5 Å². The third-order valence-electron chi connectivity index (χ3n) is 6.73. The van der Waals surface area contributed by atoms with Gasteiger partial charge in [0.1, 0.15) is 6.61 Å². The molecule has 0 radical (unpaired) electrons. The predicted molar refractivity (Wildman–Crippen MR) is 162 cm³/mol. The molecule has 4 aromatic rings. The Kier molecular flexibility index (Phi) is 8.74. The van der Waals surface area contributed by atoms with Crippen molar-refractivity contribution in [3.63, 3.8) is 0 Å². The number of thiazole rings is 1. The highest BCUT2D eigenvalue weighted by Gasteiger charge is 2.33. The van der Waals surface area contributed by atoms with E-state index >= 15 is 0 Å². The zero-order chi connectivity index (χ0) is 30.7. The number of halogens is 1. The van der Waals surface area contributed by atoms with Gasteiger partial charge in [-0.05, 0) is 73.0 Å². The Morgan fingerprint density at radius 1 is 1.12 bits per heavy atom. The first kappa shape index (κ1) is 29.7. The number of esters is 1. The summed E-state index contributed by atoms with van der Waals surface area (Å²) < 4.78 is 18.7. The van der Waals surface area contributed by atoms with E-state index < -0.39 is 16.9 Å². The average molecular weight is 620 g/mol. The molecule has 0 bridgehead atoms. The maximum Gasteiger partial charge on any atom is 0.338 e. The maximum absolute atomic E-state index is 13.8. The number of methoxy groups -OCH3 is 1. The number of nitro groups is 1. The summed E-state index contributed by atoms with van der Waals surface area (Å²) in [4.78, 5) is 42.3. The Bertz CT molecular complexity index is 1910. The first-order valence-corrected chi connectivity index (χ1v) is 14.4. The molecule has 3 aromatic carbocycles. The van der Waals surface area contributed by atoms with Gasteiger partial charge in [-0.3, -0.25) is 19.5 Å². The number of nitro benzene ring substituents is 1. The van der Waals surface area contributed by atoms with Crippen molar-refractivity contribution >= 4 is 40.7 Å². The highest BCUT2D eigenvalue weighted by Crippen LogP contribution is 2.32. The van der Waals surface area contributed by atoms with Gasteiger partial charge in [-0.25, -0.2) is 9.79 Å². The van der Waals surface area contributed by atoms with Gasteiger partial charge >= 0.3 is 5.97 Å².